The van der Waals surface area contributed by atoms with Gasteiger partial charge in [-0.15, -0.1) is 0 Å². The summed E-state index contributed by atoms with van der Waals surface area (Å²) < 4.78 is 48.9. The lowest BCUT2D eigenvalue weighted by Gasteiger charge is -2.18. The first kappa shape index (κ1) is 17.9. The quantitative estimate of drug-likeness (QED) is 0.826. The summed E-state index contributed by atoms with van der Waals surface area (Å²) in [6, 6.07) is 6.45. The van der Waals surface area contributed by atoms with Crippen LogP contribution in [0.1, 0.15) is 15.9 Å². The molecular weight excluding hydrogens is 363 g/mol. The molecule has 2 aromatic rings. The number of sulfone groups is 1. The zero-order chi connectivity index (χ0) is 19.1. The van der Waals surface area contributed by atoms with E-state index in [0.717, 1.165) is 6.07 Å². The Kier molecular flexibility index (Phi) is 4.45. The van der Waals surface area contributed by atoms with Crippen LogP contribution in [0.5, 0.6) is 17.2 Å². The number of fused-ring (bicyclic) bond motifs is 1. The van der Waals surface area contributed by atoms with Crippen LogP contribution in [0.4, 0.5) is 4.39 Å². The van der Waals surface area contributed by atoms with Gasteiger partial charge in [-0.25, -0.2) is 12.8 Å². The van der Waals surface area contributed by atoms with Gasteiger partial charge in [0, 0.05) is 11.1 Å². The van der Waals surface area contributed by atoms with E-state index in [-0.39, 0.29) is 28.4 Å². The number of ketones is 1. The van der Waals surface area contributed by atoms with E-state index in [2.05, 4.69) is 0 Å². The zero-order valence-electron chi connectivity index (χ0n) is 13.9. The fourth-order valence-corrected chi connectivity index (χ4v) is 4.45. The molecule has 1 heterocycles. The highest BCUT2D eigenvalue weighted by Gasteiger charge is 2.35. The van der Waals surface area contributed by atoms with Gasteiger partial charge in [0.1, 0.15) is 10.7 Å². The Morgan fingerprint density at radius 2 is 1.77 bits per heavy atom. The molecule has 0 unspecified atom stereocenters. The molecule has 1 aliphatic rings. The van der Waals surface area contributed by atoms with Gasteiger partial charge in [-0.1, -0.05) is 6.07 Å². The Morgan fingerprint density at radius 1 is 1.15 bits per heavy atom. The lowest BCUT2D eigenvalue weighted by Crippen LogP contribution is -2.25. The van der Waals surface area contributed by atoms with Gasteiger partial charge in [0.25, 0.3) is 0 Å². The highest BCUT2D eigenvalue weighted by atomic mass is 32.2. The Labute approximate surface area is 149 Å². The largest absolute Gasteiger partial charge is 0.502 e. The second-order valence-corrected chi connectivity index (χ2v) is 7.57. The summed E-state index contributed by atoms with van der Waals surface area (Å²) in [6.07, 6.45) is 1.36. The standard InChI is InChI=1S/C18H15FO6S/c1-24-14-7-10(8-15(25-2)17(14)21)6-11-9-26(22,23)18-12(16(11)20)4-3-5-13(18)19/h3-8,21H,9H2,1-2H3. The lowest BCUT2D eigenvalue weighted by atomic mass is 10.0. The third kappa shape index (κ3) is 2.92. The fourth-order valence-electron chi connectivity index (χ4n) is 2.82. The van der Waals surface area contributed by atoms with E-state index in [0.29, 0.717) is 5.56 Å². The highest BCUT2D eigenvalue weighted by molar-refractivity contribution is 7.92. The van der Waals surface area contributed by atoms with Gasteiger partial charge in [0.15, 0.2) is 27.1 Å². The number of phenolic OH excluding ortho intramolecular Hbond substituents is 1. The molecule has 8 heteroatoms. The molecule has 0 fully saturated rings. The van der Waals surface area contributed by atoms with Crippen molar-refractivity contribution in [1.29, 1.82) is 0 Å². The second-order valence-electron chi connectivity index (χ2n) is 5.65. The van der Waals surface area contributed by atoms with Gasteiger partial charge < -0.3 is 14.6 Å². The molecule has 0 radical (unpaired) electrons. The summed E-state index contributed by atoms with van der Waals surface area (Å²) in [7, 11) is -1.29. The number of halogens is 1. The van der Waals surface area contributed by atoms with Crippen molar-refractivity contribution >= 4 is 21.7 Å². The van der Waals surface area contributed by atoms with Gasteiger partial charge in [-0.05, 0) is 35.9 Å². The van der Waals surface area contributed by atoms with Gasteiger partial charge in [0.05, 0.1) is 20.0 Å². The van der Waals surface area contributed by atoms with Crippen LogP contribution < -0.4 is 9.47 Å². The van der Waals surface area contributed by atoms with Crippen molar-refractivity contribution in [1.82, 2.24) is 0 Å². The summed E-state index contributed by atoms with van der Waals surface area (Å²) in [5, 5.41) is 9.94. The third-order valence-electron chi connectivity index (χ3n) is 4.00. The van der Waals surface area contributed by atoms with Crippen molar-refractivity contribution in [3.05, 3.63) is 52.8 Å². The van der Waals surface area contributed by atoms with Crippen LogP contribution in [0.25, 0.3) is 6.08 Å². The average molecular weight is 378 g/mol. The molecule has 0 atom stereocenters. The second kappa shape index (κ2) is 6.45. The van der Waals surface area contributed by atoms with Gasteiger partial charge in [-0.2, -0.15) is 0 Å². The van der Waals surface area contributed by atoms with Gasteiger partial charge in [0.2, 0.25) is 5.75 Å². The van der Waals surface area contributed by atoms with E-state index in [1.165, 1.54) is 44.6 Å². The molecule has 6 nitrogen and oxygen atoms in total. The minimum atomic E-state index is -3.99. The Hall–Kier alpha value is -2.87. The van der Waals surface area contributed by atoms with Crippen LogP contribution in [0.3, 0.4) is 0 Å². The number of aromatic hydroxyl groups is 1. The smallest absolute Gasteiger partial charge is 0.200 e. The normalized spacial score (nSPS) is 17.0. The van der Waals surface area contributed by atoms with E-state index < -0.39 is 32.1 Å². The van der Waals surface area contributed by atoms with Crippen LogP contribution in [0.15, 0.2) is 40.8 Å². The molecule has 26 heavy (non-hydrogen) atoms. The number of hydrogen-bond acceptors (Lipinski definition) is 6. The summed E-state index contributed by atoms with van der Waals surface area (Å²) in [5.41, 5.74) is 0.188. The third-order valence-corrected chi connectivity index (χ3v) is 5.73. The first-order valence-electron chi connectivity index (χ1n) is 7.50. The molecule has 3 rings (SSSR count). The Balaban J connectivity index is 2.16. The van der Waals surface area contributed by atoms with Crippen molar-refractivity contribution in [2.24, 2.45) is 0 Å². The van der Waals surface area contributed by atoms with Crippen LogP contribution >= 0.6 is 0 Å². The van der Waals surface area contributed by atoms with Crippen molar-refractivity contribution in [2.75, 3.05) is 20.0 Å². The first-order chi connectivity index (χ1) is 12.3. The summed E-state index contributed by atoms with van der Waals surface area (Å²) in [5.74, 6) is -2.14. The minimum absolute atomic E-state index is 0.0158. The average Bonchev–Trinajstić information content (AvgIpc) is 2.60. The molecule has 136 valence electrons. The molecule has 1 aliphatic heterocycles. The fraction of sp³-hybridized carbons (Fsp3) is 0.167. The van der Waals surface area contributed by atoms with Crippen molar-refractivity contribution in [3.8, 4) is 17.2 Å². The van der Waals surface area contributed by atoms with E-state index in [1.54, 1.807) is 0 Å². The summed E-state index contributed by atoms with van der Waals surface area (Å²) >= 11 is 0. The topological polar surface area (TPSA) is 89.9 Å². The maximum Gasteiger partial charge on any atom is 0.200 e. The molecule has 2 aromatic carbocycles. The summed E-state index contributed by atoms with van der Waals surface area (Å²) in [4.78, 5) is 12.1. The van der Waals surface area contributed by atoms with Crippen molar-refractivity contribution in [2.45, 2.75) is 4.90 Å². The number of methoxy groups -OCH3 is 2. The van der Waals surface area contributed by atoms with E-state index in [4.69, 9.17) is 9.47 Å². The van der Waals surface area contributed by atoms with E-state index in [9.17, 15) is 22.7 Å². The van der Waals surface area contributed by atoms with E-state index in [1.807, 2.05) is 0 Å². The molecule has 0 amide bonds. The predicted octanol–water partition coefficient (Wildman–Crippen LogP) is 2.60. The van der Waals surface area contributed by atoms with Crippen molar-refractivity contribution in [3.63, 3.8) is 0 Å². The zero-order valence-corrected chi connectivity index (χ0v) is 14.8. The number of carbonyl (C=O) groups excluding carboxylic acids is 1. The Bertz CT molecular complexity index is 1010. The monoisotopic (exact) mass is 378 g/mol. The van der Waals surface area contributed by atoms with E-state index >= 15 is 0 Å². The maximum atomic E-state index is 13.9. The molecule has 0 saturated heterocycles. The van der Waals surface area contributed by atoms with Gasteiger partial charge in [-0.3, -0.25) is 4.79 Å². The number of carbonyl (C=O) groups is 1. The molecule has 0 saturated carbocycles. The SMILES string of the molecule is COc1cc(C=C2CS(=O)(=O)c3c(F)cccc3C2=O)cc(OC)c1O. The molecule has 0 aliphatic carbocycles. The Morgan fingerprint density at radius 3 is 2.35 bits per heavy atom. The first-order valence-corrected chi connectivity index (χ1v) is 9.15. The number of phenols is 1. The molecule has 0 spiro atoms. The lowest BCUT2D eigenvalue weighted by molar-refractivity contribution is 0.103. The van der Waals surface area contributed by atoms with Crippen LogP contribution in [-0.2, 0) is 9.84 Å². The minimum Gasteiger partial charge on any atom is -0.502 e. The summed E-state index contributed by atoms with van der Waals surface area (Å²) in [6.45, 7) is 0. The predicted molar refractivity (Wildman–Crippen MR) is 92.0 cm³/mol. The highest BCUT2D eigenvalue weighted by Crippen LogP contribution is 2.38. The van der Waals surface area contributed by atoms with Crippen LogP contribution in [0.2, 0.25) is 0 Å². The van der Waals surface area contributed by atoms with Crippen molar-refractivity contribution < 1.29 is 32.2 Å². The molecule has 1 N–H and O–H groups in total. The number of Topliss-reactive ketones (excluding diaryl/α,β-unsaturated/α-hetero) is 1. The van der Waals surface area contributed by atoms with Crippen LogP contribution in [0, 0.1) is 5.82 Å². The number of ether oxygens (including phenoxy) is 2. The number of benzene rings is 2. The number of rotatable bonds is 3. The molecule has 0 bridgehead atoms. The maximum absolute atomic E-state index is 13.9. The molecule has 0 aromatic heterocycles. The van der Waals surface area contributed by atoms with Crippen LogP contribution in [-0.4, -0.2) is 39.3 Å². The van der Waals surface area contributed by atoms with Gasteiger partial charge >= 0.3 is 0 Å². The molecular formula is C18H15FO6S. The number of hydrogen-bond donors (Lipinski definition) is 1.